The number of carbonyl (C=O) groups excluding carboxylic acids is 1. The first-order chi connectivity index (χ1) is 16.1. The molecule has 164 valence electrons. The zero-order chi connectivity index (χ0) is 23.0. The van der Waals surface area contributed by atoms with Gasteiger partial charge in [-0.3, -0.25) is 4.79 Å². The van der Waals surface area contributed by atoms with Gasteiger partial charge in [0.05, 0.1) is 25.2 Å². The second kappa shape index (κ2) is 10.2. The van der Waals surface area contributed by atoms with Gasteiger partial charge in [-0.05, 0) is 65.7 Å². The summed E-state index contributed by atoms with van der Waals surface area (Å²) in [5.74, 6) is -0.0828. The predicted molar refractivity (Wildman–Crippen MR) is 127 cm³/mol. The van der Waals surface area contributed by atoms with E-state index in [0.29, 0.717) is 16.7 Å². The lowest BCUT2D eigenvalue weighted by Gasteiger charge is -2.06. The van der Waals surface area contributed by atoms with Crippen LogP contribution in [0.1, 0.15) is 16.7 Å². The van der Waals surface area contributed by atoms with Crippen LogP contribution in [0.2, 0.25) is 0 Å². The lowest BCUT2D eigenvalue weighted by molar-refractivity contribution is -0.115. The molecule has 4 rings (SSSR count). The number of benzene rings is 3. The first kappa shape index (κ1) is 21.7. The molecule has 0 radical (unpaired) electrons. The topological polar surface area (TPSA) is 68.5 Å². The van der Waals surface area contributed by atoms with Gasteiger partial charge in [-0.2, -0.15) is 10.2 Å². The number of ether oxygens (including phenoxy) is 1. The lowest BCUT2D eigenvalue weighted by atomic mass is 10.0. The van der Waals surface area contributed by atoms with Crippen LogP contribution in [-0.2, 0) is 4.79 Å². The van der Waals surface area contributed by atoms with Crippen molar-refractivity contribution in [2.75, 3.05) is 7.11 Å². The van der Waals surface area contributed by atoms with Crippen molar-refractivity contribution in [2.24, 2.45) is 5.10 Å². The summed E-state index contributed by atoms with van der Waals surface area (Å²) in [7, 11) is 1.59. The number of aromatic nitrogens is 2. The maximum Gasteiger partial charge on any atom is 0.271 e. The van der Waals surface area contributed by atoms with Crippen LogP contribution in [0.15, 0.2) is 96.4 Å². The third-order valence-corrected chi connectivity index (χ3v) is 4.83. The highest BCUT2D eigenvalue weighted by Gasteiger charge is 2.13. The largest absolute Gasteiger partial charge is 0.497 e. The van der Waals surface area contributed by atoms with Crippen molar-refractivity contribution in [3.8, 4) is 11.4 Å². The number of hydrogen-bond acceptors (Lipinski definition) is 4. The zero-order valence-corrected chi connectivity index (χ0v) is 17.9. The minimum atomic E-state index is -0.432. The summed E-state index contributed by atoms with van der Waals surface area (Å²) < 4.78 is 20.3. The minimum absolute atomic E-state index is 0.328. The quantitative estimate of drug-likeness (QED) is 0.257. The molecular weight excluding hydrogens is 419 g/mol. The fraction of sp³-hybridized carbons (Fsp3) is 0.0385. The van der Waals surface area contributed by atoms with E-state index in [-0.39, 0.29) is 5.82 Å². The molecule has 1 N–H and O–H groups in total. The highest BCUT2D eigenvalue weighted by Crippen LogP contribution is 2.20. The van der Waals surface area contributed by atoms with Crippen molar-refractivity contribution in [2.45, 2.75) is 0 Å². The van der Waals surface area contributed by atoms with E-state index in [0.717, 1.165) is 17.0 Å². The van der Waals surface area contributed by atoms with Crippen LogP contribution in [0.5, 0.6) is 5.75 Å². The van der Waals surface area contributed by atoms with Crippen LogP contribution in [0.25, 0.3) is 17.3 Å². The normalized spacial score (nSPS) is 11.5. The predicted octanol–water partition coefficient (Wildman–Crippen LogP) is 4.71. The third-order valence-electron chi connectivity index (χ3n) is 4.83. The Morgan fingerprint density at radius 2 is 1.73 bits per heavy atom. The molecule has 0 bridgehead atoms. The Bertz CT molecular complexity index is 1280. The zero-order valence-electron chi connectivity index (χ0n) is 17.9. The average Bonchev–Trinajstić information content (AvgIpc) is 3.33. The van der Waals surface area contributed by atoms with Gasteiger partial charge in [-0.1, -0.05) is 30.3 Å². The smallest absolute Gasteiger partial charge is 0.271 e. The number of amides is 1. The fourth-order valence-corrected chi connectivity index (χ4v) is 3.12. The van der Waals surface area contributed by atoms with Crippen LogP contribution in [0.4, 0.5) is 4.39 Å². The molecule has 6 nitrogen and oxygen atoms in total. The van der Waals surface area contributed by atoms with E-state index < -0.39 is 5.91 Å². The summed E-state index contributed by atoms with van der Waals surface area (Å²) in [5.41, 5.74) is 5.84. The molecule has 33 heavy (non-hydrogen) atoms. The molecule has 1 aromatic heterocycles. The number of para-hydroxylation sites is 1. The summed E-state index contributed by atoms with van der Waals surface area (Å²) in [4.78, 5) is 13.0. The Balaban J connectivity index is 1.58. The van der Waals surface area contributed by atoms with Crippen molar-refractivity contribution in [3.63, 3.8) is 0 Å². The van der Waals surface area contributed by atoms with E-state index in [9.17, 15) is 9.18 Å². The molecule has 0 unspecified atom stereocenters. The number of methoxy groups -OCH3 is 1. The molecule has 0 atom stereocenters. The maximum absolute atomic E-state index is 13.4. The monoisotopic (exact) mass is 440 g/mol. The summed E-state index contributed by atoms with van der Waals surface area (Å²) >= 11 is 0. The van der Waals surface area contributed by atoms with Crippen LogP contribution >= 0.6 is 0 Å². The van der Waals surface area contributed by atoms with E-state index in [4.69, 9.17) is 4.74 Å². The molecule has 4 aromatic rings. The van der Waals surface area contributed by atoms with Gasteiger partial charge in [0.15, 0.2) is 0 Å². The number of hydrogen-bond donors (Lipinski definition) is 1. The Labute approximate surface area is 190 Å². The van der Waals surface area contributed by atoms with Gasteiger partial charge in [0.1, 0.15) is 11.6 Å². The van der Waals surface area contributed by atoms with Crippen molar-refractivity contribution in [1.29, 1.82) is 0 Å². The van der Waals surface area contributed by atoms with Crippen LogP contribution < -0.4 is 10.2 Å². The molecule has 1 amide bonds. The van der Waals surface area contributed by atoms with Crippen LogP contribution in [-0.4, -0.2) is 29.0 Å². The molecule has 7 heteroatoms. The molecule has 0 saturated carbocycles. The summed E-state index contributed by atoms with van der Waals surface area (Å²) in [6.45, 7) is 0. The van der Waals surface area contributed by atoms with Gasteiger partial charge in [-0.15, -0.1) is 0 Å². The van der Waals surface area contributed by atoms with Gasteiger partial charge in [-0.25, -0.2) is 14.5 Å². The maximum atomic E-state index is 13.4. The van der Waals surface area contributed by atoms with Crippen LogP contribution in [0, 0.1) is 5.82 Å². The highest BCUT2D eigenvalue weighted by molar-refractivity contribution is 6.24. The van der Waals surface area contributed by atoms with Crippen molar-refractivity contribution < 1.29 is 13.9 Å². The standard InChI is InChI=1S/C26H21FN4O2/c1-33-24-13-7-19(8-14-24)16-28-30-26(32)25(21-9-11-22(27)12-10-21)15-20-17-29-31(18-20)23-5-3-2-4-6-23/h2-18H,1H3,(H,30,32)/b25-15+,28-16+. The fourth-order valence-electron chi connectivity index (χ4n) is 3.12. The van der Waals surface area contributed by atoms with Gasteiger partial charge in [0.25, 0.3) is 5.91 Å². The lowest BCUT2D eigenvalue weighted by Crippen LogP contribution is -2.19. The van der Waals surface area contributed by atoms with Crippen LogP contribution in [0.3, 0.4) is 0 Å². The van der Waals surface area contributed by atoms with E-state index in [1.807, 2.05) is 48.7 Å². The first-order valence-electron chi connectivity index (χ1n) is 10.2. The molecule has 0 fully saturated rings. The van der Waals surface area contributed by atoms with Crippen molar-refractivity contribution in [1.82, 2.24) is 15.2 Å². The molecule has 0 aliphatic heterocycles. The van der Waals surface area contributed by atoms with Gasteiger partial charge >= 0.3 is 0 Å². The molecule has 1 heterocycles. The molecule has 0 spiro atoms. The van der Waals surface area contributed by atoms with E-state index in [1.165, 1.54) is 18.3 Å². The molecule has 0 saturated heterocycles. The number of rotatable bonds is 7. The number of carbonyl (C=O) groups is 1. The van der Waals surface area contributed by atoms with E-state index >= 15 is 0 Å². The molecular formula is C26H21FN4O2. The average molecular weight is 440 g/mol. The number of hydrazone groups is 1. The van der Waals surface area contributed by atoms with E-state index in [1.54, 1.807) is 48.3 Å². The van der Waals surface area contributed by atoms with Gasteiger partial charge < -0.3 is 4.74 Å². The second-order valence-electron chi connectivity index (χ2n) is 7.09. The van der Waals surface area contributed by atoms with E-state index in [2.05, 4.69) is 15.6 Å². The third kappa shape index (κ3) is 5.59. The summed E-state index contributed by atoms with van der Waals surface area (Å²) in [5, 5.41) is 8.42. The molecule has 0 aliphatic rings. The first-order valence-corrected chi connectivity index (χ1v) is 10.2. The number of halogens is 1. The van der Waals surface area contributed by atoms with Crippen molar-refractivity contribution in [3.05, 3.63) is 114 Å². The minimum Gasteiger partial charge on any atom is -0.497 e. The Kier molecular flexibility index (Phi) is 6.70. The number of nitrogens with zero attached hydrogens (tertiary/aromatic N) is 3. The summed E-state index contributed by atoms with van der Waals surface area (Å²) in [6, 6.07) is 22.6. The highest BCUT2D eigenvalue weighted by atomic mass is 19.1. The Hall–Kier alpha value is -4.52. The van der Waals surface area contributed by atoms with Gasteiger partial charge in [0, 0.05) is 17.3 Å². The Morgan fingerprint density at radius 3 is 2.42 bits per heavy atom. The van der Waals surface area contributed by atoms with Gasteiger partial charge in [0.2, 0.25) is 0 Å². The SMILES string of the molecule is COc1ccc(/C=N/NC(=O)/C(=C/c2cnn(-c3ccccc3)c2)c2ccc(F)cc2)cc1. The molecule has 0 aliphatic carbocycles. The molecule has 3 aromatic carbocycles. The summed E-state index contributed by atoms with van der Waals surface area (Å²) in [6.07, 6.45) is 6.70. The van der Waals surface area contributed by atoms with Crippen molar-refractivity contribution >= 4 is 23.8 Å². The second-order valence-corrected chi connectivity index (χ2v) is 7.09. The number of nitrogens with one attached hydrogen (secondary N) is 1. The Morgan fingerprint density at radius 1 is 1.00 bits per heavy atom.